The third-order valence-corrected chi connectivity index (χ3v) is 4.99. The normalized spacial score (nSPS) is 36.6. The van der Waals surface area contributed by atoms with Gasteiger partial charge in [-0.25, -0.2) is 4.79 Å². The molecule has 0 aliphatic carbocycles. The van der Waals surface area contributed by atoms with Gasteiger partial charge in [0.1, 0.15) is 12.2 Å². The van der Waals surface area contributed by atoms with Crippen molar-refractivity contribution in [3.8, 4) is 0 Å². The first-order chi connectivity index (χ1) is 11.8. The highest BCUT2D eigenvalue weighted by molar-refractivity contribution is 5.90. The molecule has 25 heavy (non-hydrogen) atoms. The van der Waals surface area contributed by atoms with E-state index in [2.05, 4.69) is 6.92 Å². The molecule has 0 saturated carbocycles. The summed E-state index contributed by atoms with van der Waals surface area (Å²) in [5, 5.41) is 10.8. The Morgan fingerprint density at radius 1 is 1.24 bits per heavy atom. The number of benzene rings is 1. The summed E-state index contributed by atoms with van der Waals surface area (Å²) in [6, 6.07) is 7.68. The Hall–Kier alpha value is -1.67. The molecule has 1 aromatic carbocycles. The third-order valence-electron chi connectivity index (χ3n) is 4.99. The number of carbonyl (C=O) groups is 1. The zero-order chi connectivity index (χ0) is 17.8. The molecule has 7 nitrogen and oxygen atoms in total. The number of hydrogen-bond acceptors (Lipinski definition) is 6. The number of aliphatic hydroxyl groups is 1. The summed E-state index contributed by atoms with van der Waals surface area (Å²) in [7, 11) is 0. The van der Waals surface area contributed by atoms with Crippen LogP contribution in [0.3, 0.4) is 0 Å². The molecule has 3 saturated heterocycles. The van der Waals surface area contributed by atoms with Gasteiger partial charge in [-0.15, -0.1) is 0 Å². The Balaban J connectivity index is 1.56. The Morgan fingerprint density at radius 2 is 1.96 bits per heavy atom. The van der Waals surface area contributed by atoms with Crippen LogP contribution in [0.1, 0.15) is 26.3 Å². The van der Waals surface area contributed by atoms with Crippen molar-refractivity contribution in [3.05, 3.63) is 29.8 Å². The SMILES string of the molecule is CCc1ccc(N2C[C@@]3(OC[C@H]4OC(C)(C)O[C@H]4[C@@H]3O)OC2=O)cc1. The standard InChI is InChI=1S/C18H23NO6/c1-4-11-5-7-12(8-6-11)19-10-18(25-16(19)21)15(20)14-13(9-22-18)23-17(2,3)24-14/h5-8,13-15,20H,4,9-10H2,1-3H3/t13-,14-,15+,18-/m1/s1. The molecule has 0 radical (unpaired) electrons. The minimum Gasteiger partial charge on any atom is -0.411 e. The molecule has 4 rings (SSSR count). The van der Waals surface area contributed by atoms with E-state index in [1.807, 2.05) is 24.3 Å². The molecule has 4 atom stereocenters. The molecule has 1 spiro atoms. The van der Waals surface area contributed by atoms with Crippen molar-refractivity contribution in [1.29, 1.82) is 0 Å². The van der Waals surface area contributed by atoms with E-state index in [9.17, 15) is 9.90 Å². The molecule has 3 fully saturated rings. The summed E-state index contributed by atoms with van der Waals surface area (Å²) >= 11 is 0. The maximum atomic E-state index is 12.4. The number of aliphatic hydroxyl groups excluding tert-OH is 1. The monoisotopic (exact) mass is 349 g/mol. The topological polar surface area (TPSA) is 77.5 Å². The van der Waals surface area contributed by atoms with Crippen LogP contribution in [-0.2, 0) is 25.4 Å². The van der Waals surface area contributed by atoms with Gasteiger partial charge in [0.2, 0.25) is 0 Å². The maximum absolute atomic E-state index is 12.4. The largest absolute Gasteiger partial charge is 0.417 e. The van der Waals surface area contributed by atoms with Crippen molar-refractivity contribution >= 4 is 11.8 Å². The van der Waals surface area contributed by atoms with Crippen molar-refractivity contribution in [3.63, 3.8) is 0 Å². The number of amides is 1. The van der Waals surface area contributed by atoms with Gasteiger partial charge in [-0.2, -0.15) is 0 Å². The fourth-order valence-electron chi connectivity index (χ4n) is 3.68. The lowest BCUT2D eigenvalue weighted by molar-refractivity contribution is -0.285. The predicted octanol–water partition coefficient (Wildman–Crippen LogP) is 1.81. The molecule has 3 aliphatic heterocycles. The molecule has 1 N–H and O–H groups in total. The van der Waals surface area contributed by atoms with Gasteiger partial charge in [-0.3, -0.25) is 4.90 Å². The number of aryl methyl sites for hydroxylation is 1. The predicted molar refractivity (Wildman–Crippen MR) is 88.2 cm³/mol. The third kappa shape index (κ3) is 2.71. The zero-order valence-electron chi connectivity index (χ0n) is 14.6. The minimum atomic E-state index is -1.44. The Morgan fingerprint density at radius 3 is 2.64 bits per heavy atom. The Labute approximate surface area is 146 Å². The zero-order valence-corrected chi connectivity index (χ0v) is 14.6. The second-order valence-corrected chi connectivity index (χ2v) is 7.18. The van der Waals surface area contributed by atoms with E-state index in [-0.39, 0.29) is 19.3 Å². The van der Waals surface area contributed by atoms with Gasteiger partial charge in [0, 0.05) is 5.69 Å². The Kier molecular flexibility index (Phi) is 3.81. The average Bonchev–Trinajstić information content (AvgIpc) is 3.09. The van der Waals surface area contributed by atoms with Crippen LogP contribution in [0.25, 0.3) is 0 Å². The van der Waals surface area contributed by atoms with Gasteiger partial charge < -0.3 is 24.1 Å². The van der Waals surface area contributed by atoms with Crippen molar-refractivity contribution < 1.29 is 28.8 Å². The van der Waals surface area contributed by atoms with Crippen LogP contribution < -0.4 is 4.90 Å². The molecular formula is C18H23NO6. The molecule has 0 aromatic heterocycles. The lowest BCUT2D eigenvalue weighted by Gasteiger charge is -2.40. The van der Waals surface area contributed by atoms with Crippen molar-refractivity contribution in [2.24, 2.45) is 0 Å². The highest BCUT2D eigenvalue weighted by Crippen LogP contribution is 2.42. The van der Waals surface area contributed by atoms with Gasteiger partial charge in [-0.05, 0) is 38.0 Å². The average molecular weight is 349 g/mol. The Bertz CT molecular complexity index is 675. The molecule has 3 aliphatic rings. The van der Waals surface area contributed by atoms with Crippen molar-refractivity contribution in [2.75, 3.05) is 18.1 Å². The summed E-state index contributed by atoms with van der Waals surface area (Å²) in [5.74, 6) is -2.24. The lowest BCUT2D eigenvalue weighted by Crippen LogP contribution is -2.61. The second kappa shape index (κ2) is 5.67. The van der Waals surface area contributed by atoms with Gasteiger partial charge in [-0.1, -0.05) is 19.1 Å². The van der Waals surface area contributed by atoms with Gasteiger partial charge in [0.15, 0.2) is 11.9 Å². The van der Waals surface area contributed by atoms with E-state index in [0.29, 0.717) is 5.69 Å². The fraction of sp³-hybridized carbons (Fsp3) is 0.611. The number of anilines is 1. The number of fused-ring (bicyclic) bond motifs is 1. The highest BCUT2D eigenvalue weighted by atomic mass is 16.8. The van der Waals surface area contributed by atoms with E-state index < -0.39 is 29.9 Å². The summed E-state index contributed by atoms with van der Waals surface area (Å²) in [6.07, 6.45) is -1.73. The molecule has 0 bridgehead atoms. The van der Waals surface area contributed by atoms with Crippen LogP contribution in [0.2, 0.25) is 0 Å². The maximum Gasteiger partial charge on any atom is 0.417 e. The number of rotatable bonds is 2. The van der Waals surface area contributed by atoms with Crippen LogP contribution in [0.15, 0.2) is 24.3 Å². The second-order valence-electron chi connectivity index (χ2n) is 7.18. The van der Waals surface area contributed by atoms with Crippen LogP contribution in [-0.4, -0.2) is 54.2 Å². The number of ether oxygens (including phenoxy) is 4. The highest BCUT2D eigenvalue weighted by Gasteiger charge is 2.62. The van der Waals surface area contributed by atoms with E-state index >= 15 is 0 Å². The first kappa shape index (κ1) is 16.8. The van der Waals surface area contributed by atoms with Gasteiger partial charge in [0.05, 0.1) is 13.2 Å². The van der Waals surface area contributed by atoms with Crippen LogP contribution >= 0.6 is 0 Å². The first-order valence-corrected chi connectivity index (χ1v) is 8.61. The molecule has 1 amide bonds. The van der Waals surface area contributed by atoms with E-state index in [1.54, 1.807) is 13.8 Å². The molecule has 136 valence electrons. The number of carbonyl (C=O) groups excluding carboxylic acids is 1. The summed E-state index contributed by atoms with van der Waals surface area (Å²) in [5.41, 5.74) is 1.89. The molecule has 7 heteroatoms. The fourth-order valence-corrected chi connectivity index (χ4v) is 3.68. The van der Waals surface area contributed by atoms with Gasteiger partial charge in [0.25, 0.3) is 5.79 Å². The van der Waals surface area contributed by atoms with E-state index in [1.165, 1.54) is 10.5 Å². The van der Waals surface area contributed by atoms with Crippen LogP contribution in [0.5, 0.6) is 0 Å². The van der Waals surface area contributed by atoms with E-state index in [0.717, 1.165) is 6.42 Å². The molecule has 1 aromatic rings. The molecule has 3 heterocycles. The van der Waals surface area contributed by atoms with E-state index in [4.69, 9.17) is 18.9 Å². The van der Waals surface area contributed by atoms with Gasteiger partial charge >= 0.3 is 6.09 Å². The molecular weight excluding hydrogens is 326 g/mol. The summed E-state index contributed by atoms with van der Waals surface area (Å²) < 4.78 is 22.8. The summed E-state index contributed by atoms with van der Waals surface area (Å²) in [6.45, 7) is 5.94. The van der Waals surface area contributed by atoms with Crippen LogP contribution in [0.4, 0.5) is 10.5 Å². The molecule has 0 unspecified atom stereocenters. The van der Waals surface area contributed by atoms with Crippen molar-refractivity contribution in [1.82, 2.24) is 0 Å². The number of hydrogen-bond donors (Lipinski definition) is 1. The first-order valence-electron chi connectivity index (χ1n) is 8.61. The van der Waals surface area contributed by atoms with Crippen molar-refractivity contribution in [2.45, 2.75) is 57.1 Å². The smallest absolute Gasteiger partial charge is 0.411 e. The number of nitrogens with zero attached hydrogens (tertiary/aromatic N) is 1. The quantitative estimate of drug-likeness (QED) is 0.877. The summed E-state index contributed by atoms with van der Waals surface area (Å²) in [4.78, 5) is 13.9. The van der Waals surface area contributed by atoms with Crippen LogP contribution in [0, 0.1) is 0 Å². The minimum absolute atomic E-state index is 0.103. The lowest BCUT2D eigenvalue weighted by atomic mass is 9.96.